The monoisotopic (exact) mass is 302 g/mol. The van der Waals surface area contributed by atoms with Gasteiger partial charge in [-0.3, -0.25) is 4.79 Å². The average Bonchev–Trinajstić information content (AvgIpc) is 3.00. The van der Waals surface area contributed by atoms with Crippen LogP contribution >= 0.6 is 11.3 Å². The van der Waals surface area contributed by atoms with Gasteiger partial charge in [0.25, 0.3) is 0 Å². The van der Waals surface area contributed by atoms with Crippen molar-refractivity contribution in [3.63, 3.8) is 0 Å². The number of carbonyl (C=O) groups is 1. The van der Waals surface area contributed by atoms with Gasteiger partial charge in [-0.15, -0.1) is 11.3 Å². The molecule has 1 amide bonds. The van der Waals surface area contributed by atoms with Gasteiger partial charge in [-0.1, -0.05) is 5.16 Å². The number of anilines is 2. The largest absolute Gasteiger partial charge is 0.376 e. The first-order chi connectivity index (χ1) is 10.1. The Morgan fingerprint density at radius 2 is 2.19 bits per heavy atom. The summed E-state index contributed by atoms with van der Waals surface area (Å²) in [5, 5.41) is 10.5. The quantitative estimate of drug-likeness (QED) is 0.774. The molecule has 0 radical (unpaired) electrons. The number of aromatic nitrogens is 2. The van der Waals surface area contributed by atoms with Crippen LogP contribution in [0.2, 0.25) is 0 Å². The van der Waals surface area contributed by atoms with Crippen LogP contribution in [-0.2, 0) is 4.79 Å². The number of thiazole rings is 1. The molecule has 1 aromatic carbocycles. The molecule has 3 rings (SSSR count). The zero-order chi connectivity index (χ0) is 14.8. The highest BCUT2D eigenvalue weighted by atomic mass is 32.1. The second-order valence-electron chi connectivity index (χ2n) is 4.64. The lowest BCUT2D eigenvalue weighted by Crippen LogP contribution is -2.21. The van der Waals surface area contributed by atoms with Crippen molar-refractivity contribution in [1.29, 1.82) is 0 Å². The molecule has 0 saturated heterocycles. The van der Waals surface area contributed by atoms with E-state index in [1.165, 1.54) is 0 Å². The summed E-state index contributed by atoms with van der Waals surface area (Å²) in [5.41, 5.74) is 1.86. The first-order valence-corrected chi connectivity index (χ1v) is 7.26. The number of hydrogen-bond donors (Lipinski definition) is 2. The van der Waals surface area contributed by atoms with Gasteiger partial charge >= 0.3 is 0 Å². The van der Waals surface area contributed by atoms with Crippen molar-refractivity contribution in [3.05, 3.63) is 35.0 Å². The lowest BCUT2D eigenvalue weighted by Gasteiger charge is -2.05. The molecule has 0 aliphatic rings. The summed E-state index contributed by atoms with van der Waals surface area (Å²) in [7, 11) is 0. The minimum absolute atomic E-state index is 0.162. The molecule has 6 nitrogen and oxygen atoms in total. The molecule has 0 saturated carbocycles. The van der Waals surface area contributed by atoms with Crippen LogP contribution in [0.1, 0.15) is 10.8 Å². The summed E-state index contributed by atoms with van der Waals surface area (Å²) in [6, 6.07) is 7.52. The Morgan fingerprint density at radius 1 is 1.33 bits per heavy atom. The van der Waals surface area contributed by atoms with Crippen molar-refractivity contribution < 1.29 is 9.32 Å². The highest BCUT2D eigenvalue weighted by molar-refractivity contribution is 7.18. The molecule has 0 atom stereocenters. The van der Waals surface area contributed by atoms with E-state index in [1.807, 2.05) is 25.1 Å². The van der Waals surface area contributed by atoms with E-state index in [-0.39, 0.29) is 12.5 Å². The van der Waals surface area contributed by atoms with Crippen molar-refractivity contribution >= 4 is 39.0 Å². The van der Waals surface area contributed by atoms with Gasteiger partial charge in [0.05, 0.1) is 21.8 Å². The fourth-order valence-corrected chi connectivity index (χ4v) is 2.81. The molecular weight excluding hydrogens is 288 g/mol. The van der Waals surface area contributed by atoms with Crippen molar-refractivity contribution in [2.24, 2.45) is 0 Å². The smallest absolute Gasteiger partial charge is 0.244 e. The topological polar surface area (TPSA) is 80.0 Å². The van der Waals surface area contributed by atoms with E-state index in [0.29, 0.717) is 11.6 Å². The van der Waals surface area contributed by atoms with Gasteiger partial charge in [-0.25, -0.2) is 4.98 Å². The molecule has 108 valence electrons. The Balaban J connectivity index is 1.61. The lowest BCUT2D eigenvalue weighted by molar-refractivity contribution is -0.114. The third-order valence-corrected chi connectivity index (χ3v) is 3.78. The van der Waals surface area contributed by atoms with Crippen molar-refractivity contribution in [3.8, 4) is 0 Å². The molecule has 2 heterocycles. The molecule has 0 spiro atoms. The van der Waals surface area contributed by atoms with Crippen LogP contribution in [0.4, 0.5) is 11.5 Å². The maximum absolute atomic E-state index is 11.8. The van der Waals surface area contributed by atoms with Gasteiger partial charge in [-0.05, 0) is 32.0 Å². The number of benzene rings is 1. The van der Waals surface area contributed by atoms with E-state index in [1.54, 1.807) is 24.3 Å². The number of rotatable bonds is 4. The number of fused-ring (bicyclic) bond motifs is 1. The minimum Gasteiger partial charge on any atom is -0.376 e. The molecule has 2 aromatic heterocycles. The van der Waals surface area contributed by atoms with Crippen molar-refractivity contribution in [2.45, 2.75) is 13.8 Å². The molecule has 21 heavy (non-hydrogen) atoms. The Hall–Kier alpha value is -2.41. The van der Waals surface area contributed by atoms with E-state index >= 15 is 0 Å². The SMILES string of the molecule is Cc1cc(NC(=O)CNc2ccc3nc(C)sc3c2)no1. The summed E-state index contributed by atoms with van der Waals surface area (Å²) < 4.78 is 5.99. The fraction of sp³-hybridized carbons (Fsp3) is 0.214. The Labute approximate surface area is 125 Å². The van der Waals surface area contributed by atoms with Crippen LogP contribution < -0.4 is 10.6 Å². The van der Waals surface area contributed by atoms with Gasteiger partial charge in [0.15, 0.2) is 5.82 Å². The minimum atomic E-state index is -0.177. The predicted molar refractivity (Wildman–Crippen MR) is 82.7 cm³/mol. The number of nitrogens with one attached hydrogen (secondary N) is 2. The third-order valence-electron chi connectivity index (χ3n) is 2.84. The van der Waals surface area contributed by atoms with Gasteiger partial charge in [0.1, 0.15) is 5.76 Å². The van der Waals surface area contributed by atoms with Crippen LogP contribution in [0.5, 0.6) is 0 Å². The predicted octanol–water partition coefficient (Wildman–Crippen LogP) is 2.95. The van der Waals surface area contributed by atoms with Crippen LogP contribution in [0, 0.1) is 13.8 Å². The highest BCUT2D eigenvalue weighted by Gasteiger charge is 2.07. The maximum Gasteiger partial charge on any atom is 0.244 e. The molecule has 0 fully saturated rings. The van der Waals surface area contributed by atoms with Crippen LogP contribution in [0.25, 0.3) is 10.2 Å². The first-order valence-electron chi connectivity index (χ1n) is 6.44. The summed E-state index contributed by atoms with van der Waals surface area (Å²) in [5.74, 6) is 0.904. The van der Waals surface area contributed by atoms with E-state index in [9.17, 15) is 4.79 Å². The van der Waals surface area contributed by atoms with Crippen LogP contribution in [0.15, 0.2) is 28.8 Å². The number of hydrogen-bond acceptors (Lipinski definition) is 6. The molecule has 3 aromatic rings. The summed E-state index contributed by atoms with van der Waals surface area (Å²) in [4.78, 5) is 16.2. The molecule has 2 N–H and O–H groups in total. The first kappa shape index (κ1) is 13.6. The standard InChI is InChI=1S/C14H14N4O2S/c1-8-5-13(18-20-8)17-14(19)7-15-10-3-4-11-12(6-10)21-9(2)16-11/h3-6,15H,7H2,1-2H3,(H,17,18,19). The van der Waals surface area contributed by atoms with E-state index in [2.05, 4.69) is 20.8 Å². The Morgan fingerprint density at radius 3 is 2.95 bits per heavy atom. The number of nitrogens with zero attached hydrogens (tertiary/aromatic N) is 2. The highest BCUT2D eigenvalue weighted by Crippen LogP contribution is 2.24. The van der Waals surface area contributed by atoms with Crippen molar-refractivity contribution in [1.82, 2.24) is 10.1 Å². The molecule has 0 aliphatic carbocycles. The van der Waals surface area contributed by atoms with E-state index in [4.69, 9.17) is 4.52 Å². The molecule has 0 aliphatic heterocycles. The van der Waals surface area contributed by atoms with Gasteiger partial charge in [0.2, 0.25) is 5.91 Å². The normalized spacial score (nSPS) is 10.8. The zero-order valence-electron chi connectivity index (χ0n) is 11.6. The van der Waals surface area contributed by atoms with E-state index < -0.39 is 0 Å². The second-order valence-corrected chi connectivity index (χ2v) is 5.87. The maximum atomic E-state index is 11.8. The zero-order valence-corrected chi connectivity index (χ0v) is 12.5. The van der Waals surface area contributed by atoms with Crippen LogP contribution in [0.3, 0.4) is 0 Å². The fourth-order valence-electron chi connectivity index (χ4n) is 1.94. The summed E-state index contributed by atoms with van der Waals surface area (Å²) in [6.07, 6.45) is 0. The Bertz CT molecular complexity index is 793. The van der Waals surface area contributed by atoms with Gasteiger partial charge in [-0.2, -0.15) is 0 Å². The average molecular weight is 302 g/mol. The van der Waals surface area contributed by atoms with E-state index in [0.717, 1.165) is 20.9 Å². The molecule has 7 heteroatoms. The number of amides is 1. The van der Waals surface area contributed by atoms with Gasteiger partial charge < -0.3 is 15.2 Å². The van der Waals surface area contributed by atoms with Gasteiger partial charge in [0, 0.05) is 11.8 Å². The van der Waals surface area contributed by atoms with Crippen LogP contribution in [-0.4, -0.2) is 22.6 Å². The Kier molecular flexibility index (Phi) is 3.57. The number of carbonyl (C=O) groups excluding carboxylic acids is 1. The lowest BCUT2D eigenvalue weighted by atomic mass is 10.3. The number of aryl methyl sites for hydroxylation is 2. The summed E-state index contributed by atoms with van der Waals surface area (Å²) >= 11 is 1.63. The molecule has 0 bridgehead atoms. The molecular formula is C14H14N4O2S. The third kappa shape index (κ3) is 3.19. The second kappa shape index (κ2) is 5.53. The molecule has 0 unspecified atom stereocenters. The summed E-state index contributed by atoms with van der Waals surface area (Å²) in [6.45, 7) is 3.91. The van der Waals surface area contributed by atoms with Crippen molar-refractivity contribution in [2.75, 3.05) is 17.2 Å².